The summed E-state index contributed by atoms with van der Waals surface area (Å²) in [4.78, 5) is 16.2. The average Bonchev–Trinajstić information content (AvgIpc) is 3.58. The number of aromatic nitrogens is 1. The Labute approximate surface area is 255 Å². The van der Waals surface area contributed by atoms with Crippen molar-refractivity contribution in [2.75, 3.05) is 5.75 Å². The standard InChI is InChI=1S/C35H35ClFNO3S/c1-34(2,41)29-9-4-3-7-24(29)13-17-31(42-22-35(20-32(35)37)21-33(39)40)26-8-5-6-23(18-26)10-15-28-16-12-25-11-14-27(36)19-30(25)38-28/h3-12,14-16,18-19,31-32,41H,13,17,20-22H2,1-2H3,(H,39,40)/b15-10+/t31-,32-,35-/m1/s1. The van der Waals surface area contributed by atoms with Gasteiger partial charge in [0.25, 0.3) is 0 Å². The van der Waals surface area contributed by atoms with Gasteiger partial charge in [0, 0.05) is 26.8 Å². The zero-order valence-corrected chi connectivity index (χ0v) is 25.3. The van der Waals surface area contributed by atoms with Gasteiger partial charge in [0.2, 0.25) is 0 Å². The first-order valence-electron chi connectivity index (χ1n) is 14.1. The van der Waals surface area contributed by atoms with Crippen LogP contribution in [0.5, 0.6) is 0 Å². The largest absolute Gasteiger partial charge is 0.481 e. The van der Waals surface area contributed by atoms with Gasteiger partial charge in [-0.15, -0.1) is 0 Å². The molecule has 0 saturated heterocycles. The van der Waals surface area contributed by atoms with Crippen LogP contribution in [0.15, 0.2) is 78.9 Å². The lowest BCUT2D eigenvalue weighted by Gasteiger charge is -2.24. The number of nitrogens with zero attached hydrogens (tertiary/aromatic N) is 1. The molecular formula is C35H35ClFNO3S. The molecule has 0 bridgehead atoms. The molecule has 0 spiro atoms. The molecule has 1 aromatic heterocycles. The maximum absolute atomic E-state index is 14.4. The third kappa shape index (κ3) is 7.41. The van der Waals surface area contributed by atoms with E-state index < -0.39 is 23.2 Å². The van der Waals surface area contributed by atoms with E-state index in [2.05, 4.69) is 12.1 Å². The fraction of sp³-hybridized carbons (Fsp3) is 0.314. The van der Waals surface area contributed by atoms with Crippen molar-refractivity contribution in [3.63, 3.8) is 0 Å². The number of aryl methyl sites for hydroxylation is 1. The van der Waals surface area contributed by atoms with E-state index in [0.717, 1.165) is 51.7 Å². The average molecular weight is 604 g/mol. The van der Waals surface area contributed by atoms with Gasteiger partial charge < -0.3 is 10.2 Å². The van der Waals surface area contributed by atoms with Crippen molar-refractivity contribution >= 4 is 52.4 Å². The van der Waals surface area contributed by atoms with Crippen molar-refractivity contribution in [1.82, 2.24) is 4.98 Å². The predicted molar refractivity (Wildman–Crippen MR) is 172 cm³/mol. The van der Waals surface area contributed by atoms with E-state index in [-0.39, 0.29) is 11.7 Å². The first-order valence-corrected chi connectivity index (χ1v) is 15.6. The Kier molecular flexibility index (Phi) is 9.07. The summed E-state index contributed by atoms with van der Waals surface area (Å²) in [6.07, 6.45) is 4.56. The number of pyridine rings is 1. The van der Waals surface area contributed by atoms with Gasteiger partial charge in [-0.05, 0) is 79.6 Å². The highest BCUT2D eigenvalue weighted by atomic mass is 35.5. The Hall–Kier alpha value is -3.19. The van der Waals surface area contributed by atoms with Gasteiger partial charge in [0.1, 0.15) is 6.17 Å². The molecule has 3 aromatic carbocycles. The molecule has 4 aromatic rings. The Bertz CT molecular complexity index is 1620. The third-order valence-electron chi connectivity index (χ3n) is 7.92. The topological polar surface area (TPSA) is 70.4 Å². The maximum Gasteiger partial charge on any atom is 0.304 e. The highest BCUT2D eigenvalue weighted by molar-refractivity contribution is 7.99. The second kappa shape index (κ2) is 12.6. The number of carbonyl (C=O) groups is 1. The van der Waals surface area contributed by atoms with Crippen molar-refractivity contribution in [3.8, 4) is 0 Å². The number of aliphatic hydroxyl groups is 1. The van der Waals surface area contributed by atoms with Gasteiger partial charge in [-0.25, -0.2) is 9.37 Å². The summed E-state index contributed by atoms with van der Waals surface area (Å²) in [5.41, 5.74) is 3.98. The Morgan fingerprint density at radius 2 is 1.88 bits per heavy atom. The fourth-order valence-corrected chi connectivity index (χ4v) is 7.18. The quantitative estimate of drug-likeness (QED) is 0.169. The number of rotatable bonds is 12. The number of carboxylic acids is 1. The molecule has 0 unspecified atom stereocenters. The molecule has 0 aliphatic heterocycles. The predicted octanol–water partition coefficient (Wildman–Crippen LogP) is 8.90. The summed E-state index contributed by atoms with van der Waals surface area (Å²) in [6.45, 7) is 3.58. The number of thioether (sulfide) groups is 1. The van der Waals surface area contributed by atoms with E-state index in [9.17, 15) is 19.4 Å². The lowest BCUT2D eigenvalue weighted by atomic mass is 9.90. The van der Waals surface area contributed by atoms with Crippen molar-refractivity contribution < 1.29 is 19.4 Å². The molecule has 0 radical (unpaired) electrons. The highest BCUT2D eigenvalue weighted by Gasteiger charge is 2.56. The van der Waals surface area contributed by atoms with Crippen LogP contribution in [-0.4, -0.2) is 33.1 Å². The second-order valence-electron chi connectivity index (χ2n) is 11.7. The van der Waals surface area contributed by atoms with Crippen LogP contribution in [0.1, 0.15) is 66.3 Å². The first-order chi connectivity index (χ1) is 20.0. The minimum absolute atomic E-state index is 0.0209. The zero-order chi connectivity index (χ0) is 29.9. The van der Waals surface area contributed by atoms with Gasteiger partial charge >= 0.3 is 5.97 Å². The van der Waals surface area contributed by atoms with E-state index in [1.807, 2.05) is 78.9 Å². The fourth-order valence-electron chi connectivity index (χ4n) is 5.46. The summed E-state index contributed by atoms with van der Waals surface area (Å²) >= 11 is 7.79. The number of benzene rings is 3. The van der Waals surface area contributed by atoms with E-state index >= 15 is 0 Å². The van der Waals surface area contributed by atoms with E-state index in [4.69, 9.17) is 16.6 Å². The Morgan fingerprint density at radius 1 is 1.12 bits per heavy atom. The molecule has 1 aliphatic carbocycles. The van der Waals surface area contributed by atoms with Crippen LogP contribution in [-0.2, 0) is 16.8 Å². The monoisotopic (exact) mass is 603 g/mol. The van der Waals surface area contributed by atoms with Crippen LogP contribution in [0.4, 0.5) is 4.39 Å². The van der Waals surface area contributed by atoms with Crippen molar-refractivity contribution in [2.45, 2.75) is 56.6 Å². The Morgan fingerprint density at radius 3 is 2.62 bits per heavy atom. The summed E-state index contributed by atoms with van der Waals surface area (Å²) in [5.74, 6) is -0.509. The first kappa shape index (κ1) is 30.3. The summed E-state index contributed by atoms with van der Waals surface area (Å²) in [5, 5.41) is 21.8. The lowest BCUT2D eigenvalue weighted by Crippen LogP contribution is -2.18. The van der Waals surface area contributed by atoms with Crippen LogP contribution in [0.25, 0.3) is 23.1 Å². The summed E-state index contributed by atoms with van der Waals surface area (Å²) in [7, 11) is 0. The molecule has 218 valence electrons. The number of halogens is 2. The van der Waals surface area contributed by atoms with E-state index in [0.29, 0.717) is 17.2 Å². The third-order valence-corrected chi connectivity index (χ3v) is 9.81. The van der Waals surface area contributed by atoms with Gasteiger partial charge in [0.05, 0.1) is 23.2 Å². The van der Waals surface area contributed by atoms with Gasteiger partial charge in [-0.1, -0.05) is 78.3 Å². The highest BCUT2D eigenvalue weighted by Crippen LogP contribution is 2.55. The molecule has 2 N–H and O–H groups in total. The van der Waals surface area contributed by atoms with Gasteiger partial charge in [0.15, 0.2) is 0 Å². The molecule has 42 heavy (non-hydrogen) atoms. The van der Waals surface area contributed by atoms with Crippen LogP contribution >= 0.6 is 23.4 Å². The minimum Gasteiger partial charge on any atom is -0.481 e. The van der Waals surface area contributed by atoms with Crippen LogP contribution in [0.2, 0.25) is 5.02 Å². The van der Waals surface area contributed by atoms with E-state index in [1.165, 1.54) is 0 Å². The number of hydrogen-bond acceptors (Lipinski definition) is 4. The number of hydrogen-bond donors (Lipinski definition) is 2. The van der Waals surface area contributed by atoms with Crippen LogP contribution in [0, 0.1) is 5.41 Å². The van der Waals surface area contributed by atoms with E-state index in [1.54, 1.807) is 25.6 Å². The second-order valence-corrected chi connectivity index (χ2v) is 13.4. The molecule has 0 amide bonds. The number of fused-ring (bicyclic) bond motifs is 1. The van der Waals surface area contributed by atoms with Crippen LogP contribution in [0.3, 0.4) is 0 Å². The molecule has 3 atom stereocenters. The number of aliphatic carboxylic acids is 1. The molecule has 1 aliphatic rings. The SMILES string of the molecule is CC(C)(O)c1ccccc1CC[C@@H](SC[C@]1(CC(=O)O)C[C@H]1F)c1cccc(/C=C/c2ccc3ccc(Cl)cc3n2)c1. The maximum atomic E-state index is 14.4. The zero-order valence-electron chi connectivity index (χ0n) is 23.8. The summed E-state index contributed by atoms with van der Waals surface area (Å²) < 4.78 is 14.4. The van der Waals surface area contributed by atoms with Gasteiger partial charge in [-0.2, -0.15) is 11.8 Å². The molecule has 4 nitrogen and oxygen atoms in total. The number of alkyl halides is 1. The molecular weight excluding hydrogens is 569 g/mol. The van der Waals surface area contributed by atoms with Crippen molar-refractivity contribution in [3.05, 3.63) is 112 Å². The number of carboxylic acid groups (broad SMARTS) is 1. The van der Waals surface area contributed by atoms with Crippen LogP contribution < -0.4 is 0 Å². The summed E-state index contributed by atoms with van der Waals surface area (Å²) in [6, 6.07) is 25.8. The Balaban J connectivity index is 1.38. The molecule has 7 heteroatoms. The molecule has 1 fully saturated rings. The molecule has 5 rings (SSSR count). The molecule has 1 heterocycles. The van der Waals surface area contributed by atoms with Crippen molar-refractivity contribution in [2.24, 2.45) is 5.41 Å². The normalized spacial score (nSPS) is 19.3. The smallest absolute Gasteiger partial charge is 0.304 e. The molecule has 1 saturated carbocycles. The lowest BCUT2D eigenvalue weighted by molar-refractivity contribution is -0.138. The van der Waals surface area contributed by atoms with Crippen molar-refractivity contribution in [1.29, 1.82) is 0 Å². The van der Waals surface area contributed by atoms with Gasteiger partial charge in [-0.3, -0.25) is 4.79 Å². The minimum atomic E-state index is -1.07.